The summed E-state index contributed by atoms with van der Waals surface area (Å²) in [7, 11) is -3.02. The van der Waals surface area contributed by atoms with Crippen molar-refractivity contribution < 1.29 is 26.3 Å². The molecule has 8 heteroatoms. The molecule has 1 aliphatic heterocycles. The van der Waals surface area contributed by atoms with E-state index in [-0.39, 0.29) is 23.3 Å². The molecule has 1 fully saturated rings. The Hall–Kier alpha value is -1.44. The van der Waals surface area contributed by atoms with Crippen molar-refractivity contribution in [1.29, 1.82) is 0 Å². The number of hydrogen-bond acceptors (Lipinski definition) is 4. The smallest absolute Gasteiger partial charge is 0.406 e. The molecule has 2 rings (SSSR count). The molecule has 1 N–H and O–H groups in total. The van der Waals surface area contributed by atoms with E-state index in [4.69, 9.17) is 0 Å². The van der Waals surface area contributed by atoms with Crippen molar-refractivity contribution in [2.24, 2.45) is 0 Å². The van der Waals surface area contributed by atoms with E-state index in [9.17, 15) is 21.6 Å². The van der Waals surface area contributed by atoms with E-state index in [2.05, 4.69) is 10.1 Å². The number of nitrogens with one attached hydrogen (secondary N) is 1. The quantitative estimate of drug-likeness (QED) is 0.932. The highest BCUT2D eigenvalue weighted by atomic mass is 32.2. The highest BCUT2D eigenvalue weighted by molar-refractivity contribution is 7.91. The van der Waals surface area contributed by atoms with Crippen LogP contribution in [0.1, 0.15) is 12.8 Å². The Morgan fingerprint density at radius 3 is 2.40 bits per heavy atom. The van der Waals surface area contributed by atoms with Gasteiger partial charge in [-0.2, -0.15) is 0 Å². The Labute approximate surface area is 114 Å². The number of alkyl halides is 3. The van der Waals surface area contributed by atoms with Crippen LogP contribution in [0.3, 0.4) is 0 Å². The molecule has 0 aromatic heterocycles. The van der Waals surface area contributed by atoms with E-state index >= 15 is 0 Å². The molecule has 1 heterocycles. The van der Waals surface area contributed by atoms with E-state index < -0.39 is 16.2 Å². The zero-order valence-corrected chi connectivity index (χ0v) is 11.3. The van der Waals surface area contributed by atoms with Gasteiger partial charge in [-0.25, -0.2) is 8.42 Å². The van der Waals surface area contributed by atoms with Crippen molar-refractivity contribution in [3.05, 3.63) is 24.3 Å². The summed E-state index contributed by atoms with van der Waals surface area (Å²) >= 11 is 0. The normalized spacial score (nSPS) is 22.2. The summed E-state index contributed by atoms with van der Waals surface area (Å²) in [6, 6.07) is 5.04. The van der Waals surface area contributed by atoms with Gasteiger partial charge in [-0.1, -0.05) is 0 Å². The number of halogens is 3. The van der Waals surface area contributed by atoms with E-state index in [1.807, 2.05) is 0 Å². The van der Waals surface area contributed by atoms with Gasteiger partial charge in [0.25, 0.3) is 0 Å². The summed E-state index contributed by atoms with van der Waals surface area (Å²) in [5, 5.41) is 3.01. The van der Waals surface area contributed by atoms with Gasteiger partial charge < -0.3 is 10.1 Å². The van der Waals surface area contributed by atoms with Crippen LogP contribution in [-0.4, -0.2) is 32.3 Å². The molecular weight excluding hydrogens is 295 g/mol. The minimum Gasteiger partial charge on any atom is -0.406 e. The SMILES string of the molecule is O=S1(=O)CCCC(Nc2ccc(OC(F)(F)F)cc2)C1. The van der Waals surface area contributed by atoms with Gasteiger partial charge in [0.15, 0.2) is 9.84 Å². The molecule has 0 aliphatic carbocycles. The Bertz CT molecular complexity index is 554. The largest absolute Gasteiger partial charge is 0.573 e. The van der Waals surface area contributed by atoms with E-state index in [0.717, 1.165) is 6.42 Å². The van der Waals surface area contributed by atoms with Crippen molar-refractivity contribution in [2.45, 2.75) is 25.2 Å². The second kappa shape index (κ2) is 5.51. The molecule has 1 saturated heterocycles. The van der Waals surface area contributed by atoms with Crippen LogP contribution < -0.4 is 10.1 Å². The lowest BCUT2D eigenvalue weighted by Crippen LogP contribution is -2.34. The molecular formula is C12H14F3NO3S. The Morgan fingerprint density at radius 1 is 1.20 bits per heavy atom. The topological polar surface area (TPSA) is 55.4 Å². The predicted molar refractivity (Wildman–Crippen MR) is 68.4 cm³/mol. The summed E-state index contributed by atoms with van der Waals surface area (Å²) in [6.07, 6.45) is -3.40. The highest BCUT2D eigenvalue weighted by Crippen LogP contribution is 2.25. The third-order valence-corrected chi connectivity index (χ3v) is 4.74. The molecule has 1 aliphatic rings. The molecule has 112 valence electrons. The fourth-order valence-electron chi connectivity index (χ4n) is 2.13. The second-order valence-electron chi connectivity index (χ2n) is 4.67. The van der Waals surface area contributed by atoms with Gasteiger partial charge in [-0.05, 0) is 37.1 Å². The maximum absolute atomic E-state index is 12.0. The lowest BCUT2D eigenvalue weighted by molar-refractivity contribution is -0.274. The standard InChI is InChI=1S/C12H14F3NO3S/c13-12(14,15)19-11-5-3-9(4-6-11)16-10-2-1-7-20(17,18)8-10/h3-6,10,16H,1-2,7-8H2. The molecule has 20 heavy (non-hydrogen) atoms. The van der Waals surface area contributed by atoms with Crippen LogP contribution >= 0.6 is 0 Å². The summed E-state index contributed by atoms with van der Waals surface area (Å²) in [6.45, 7) is 0. The molecule has 0 amide bonds. The number of sulfone groups is 1. The van der Waals surface area contributed by atoms with Gasteiger partial charge in [0.1, 0.15) is 5.75 Å². The van der Waals surface area contributed by atoms with Crippen molar-refractivity contribution in [1.82, 2.24) is 0 Å². The van der Waals surface area contributed by atoms with Crippen molar-refractivity contribution in [2.75, 3.05) is 16.8 Å². The predicted octanol–water partition coefficient (Wildman–Crippen LogP) is 2.57. The Kier molecular flexibility index (Phi) is 4.12. The number of benzene rings is 1. The van der Waals surface area contributed by atoms with Gasteiger partial charge in [-0.3, -0.25) is 0 Å². The summed E-state index contributed by atoms with van der Waals surface area (Å²) in [5.74, 6) is -0.0588. The first-order valence-corrected chi connectivity index (χ1v) is 7.88. The minimum atomic E-state index is -4.72. The van der Waals surface area contributed by atoms with Crippen LogP contribution in [-0.2, 0) is 9.84 Å². The Morgan fingerprint density at radius 2 is 1.85 bits per heavy atom. The maximum Gasteiger partial charge on any atom is 0.573 e. The molecule has 0 radical (unpaired) electrons. The van der Waals surface area contributed by atoms with Gasteiger partial charge >= 0.3 is 6.36 Å². The van der Waals surface area contributed by atoms with Crippen LogP contribution in [0, 0.1) is 0 Å². The van der Waals surface area contributed by atoms with Gasteiger partial charge in [-0.15, -0.1) is 13.2 Å². The summed E-state index contributed by atoms with van der Waals surface area (Å²) in [4.78, 5) is 0. The number of hydrogen-bond donors (Lipinski definition) is 1. The molecule has 0 saturated carbocycles. The highest BCUT2D eigenvalue weighted by Gasteiger charge is 2.31. The molecule has 1 aromatic rings. The van der Waals surface area contributed by atoms with E-state index in [0.29, 0.717) is 12.1 Å². The number of ether oxygens (including phenoxy) is 1. The maximum atomic E-state index is 12.0. The minimum absolute atomic E-state index is 0.0494. The van der Waals surface area contributed by atoms with Gasteiger partial charge in [0, 0.05) is 11.7 Å². The number of rotatable bonds is 3. The summed E-state index contributed by atoms with van der Waals surface area (Å²) in [5.41, 5.74) is 0.571. The van der Waals surface area contributed by atoms with Crippen molar-refractivity contribution >= 4 is 15.5 Å². The molecule has 0 spiro atoms. The van der Waals surface area contributed by atoms with Crippen LogP contribution in [0.5, 0.6) is 5.75 Å². The van der Waals surface area contributed by atoms with Crippen molar-refractivity contribution in [3.63, 3.8) is 0 Å². The van der Waals surface area contributed by atoms with Crippen LogP contribution in [0.4, 0.5) is 18.9 Å². The molecule has 1 aromatic carbocycles. The first-order valence-electron chi connectivity index (χ1n) is 6.06. The van der Waals surface area contributed by atoms with E-state index in [1.54, 1.807) is 0 Å². The molecule has 4 nitrogen and oxygen atoms in total. The molecule has 1 atom stereocenters. The molecule has 1 unspecified atom stereocenters. The lowest BCUT2D eigenvalue weighted by Gasteiger charge is -2.24. The second-order valence-corrected chi connectivity index (χ2v) is 6.90. The zero-order chi connectivity index (χ0) is 14.8. The first kappa shape index (κ1) is 15.0. The van der Waals surface area contributed by atoms with Gasteiger partial charge in [0.05, 0.1) is 11.5 Å². The first-order chi connectivity index (χ1) is 9.23. The van der Waals surface area contributed by atoms with Crippen molar-refractivity contribution in [3.8, 4) is 5.75 Å². The van der Waals surface area contributed by atoms with Gasteiger partial charge in [0.2, 0.25) is 0 Å². The van der Waals surface area contributed by atoms with Crippen LogP contribution in [0.25, 0.3) is 0 Å². The third kappa shape index (κ3) is 4.59. The zero-order valence-electron chi connectivity index (χ0n) is 10.5. The summed E-state index contributed by atoms with van der Waals surface area (Å²) < 4.78 is 62.7. The Balaban J connectivity index is 1.97. The van der Waals surface area contributed by atoms with E-state index in [1.165, 1.54) is 24.3 Å². The monoisotopic (exact) mass is 309 g/mol. The molecule has 0 bridgehead atoms. The third-order valence-electron chi connectivity index (χ3n) is 2.92. The average molecular weight is 309 g/mol. The number of anilines is 1. The van der Waals surface area contributed by atoms with Crippen LogP contribution in [0.15, 0.2) is 24.3 Å². The fourth-order valence-corrected chi connectivity index (χ4v) is 3.76. The average Bonchev–Trinajstić information content (AvgIpc) is 2.28. The lowest BCUT2D eigenvalue weighted by atomic mass is 10.1. The van der Waals surface area contributed by atoms with Crippen LogP contribution in [0.2, 0.25) is 0 Å². The fraction of sp³-hybridized carbons (Fsp3) is 0.500.